The summed E-state index contributed by atoms with van der Waals surface area (Å²) in [5, 5.41) is 10.3. The number of nitrogens with one attached hydrogen (secondary N) is 2. The summed E-state index contributed by atoms with van der Waals surface area (Å²) < 4.78 is 6.02. The van der Waals surface area contributed by atoms with Crippen molar-refractivity contribution in [1.29, 1.82) is 0 Å². The minimum Gasteiger partial charge on any atom is -0.369 e. The van der Waals surface area contributed by atoms with Crippen molar-refractivity contribution in [2.75, 3.05) is 36.4 Å². The Morgan fingerprint density at radius 3 is 2.26 bits per heavy atom. The van der Waals surface area contributed by atoms with E-state index in [0.717, 1.165) is 48.7 Å². The lowest BCUT2D eigenvalue weighted by atomic mass is 10.1. The Kier molecular flexibility index (Phi) is 7.99. The summed E-state index contributed by atoms with van der Waals surface area (Å²) >= 11 is 0. The molecule has 2 aliphatic rings. The highest BCUT2D eigenvalue weighted by Gasteiger charge is 2.34. The lowest BCUT2D eigenvalue weighted by Gasteiger charge is -2.38. The third-order valence-corrected chi connectivity index (χ3v) is 7.47. The number of amides is 2. The summed E-state index contributed by atoms with van der Waals surface area (Å²) in [7, 11) is 0. The molecule has 1 fully saturated rings. The zero-order chi connectivity index (χ0) is 27.5. The Hall–Kier alpha value is -3.69. The van der Waals surface area contributed by atoms with Gasteiger partial charge in [0.1, 0.15) is 0 Å². The lowest BCUT2D eigenvalue weighted by Crippen LogP contribution is -2.48. The summed E-state index contributed by atoms with van der Waals surface area (Å²) in [5.74, 6) is 0.123. The van der Waals surface area contributed by atoms with Gasteiger partial charge in [0.25, 0.3) is 11.8 Å². The number of anilines is 2. The fourth-order valence-corrected chi connectivity index (χ4v) is 5.24. The maximum absolute atomic E-state index is 13.5. The van der Waals surface area contributed by atoms with Crippen LogP contribution in [0.4, 0.5) is 11.5 Å². The number of benzene rings is 2. The molecular formula is C30H38N6O3. The molecule has 2 aliphatic heterocycles. The predicted molar refractivity (Wildman–Crippen MR) is 152 cm³/mol. The molecule has 206 valence electrons. The zero-order valence-corrected chi connectivity index (χ0v) is 23.2. The predicted octanol–water partition coefficient (Wildman–Crippen LogP) is 4.20. The fourth-order valence-electron chi connectivity index (χ4n) is 5.24. The highest BCUT2D eigenvalue weighted by Crippen LogP contribution is 2.31. The number of aromatic amines is 1. The number of carbonyl (C=O) groups is 2. The molecule has 0 saturated carbocycles. The van der Waals surface area contributed by atoms with Crippen LogP contribution in [-0.4, -0.2) is 70.1 Å². The van der Waals surface area contributed by atoms with Crippen molar-refractivity contribution < 1.29 is 14.3 Å². The highest BCUT2D eigenvalue weighted by molar-refractivity contribution is 6.04. The molecule has 3 heterocycles. The van der Waals surface area contributed by atoms with Crippen molar-refractivity contribution in [3.63, 3.8) is 0 Å². The molecule has 3 aromatic rings. The van der Waals surface area contributed by atoms with E-state index >= 15 is 0 Å². The van der Waals surface area contributed by atoms with Crippen LogP contribution in [0.15, 0.2) is 54.6 Å². The van der Waals surface area contributed by atoms with Gasteiger partial charge in [0.2, 0.25) is 0 Å². The van der Waals surface area contributed by atoms with E-state index in [2.05, 4.69) is 39.2 Å². The van der Waals surface area contributed by atoms with Gasteiger partial charge in [-0.3, -0.25) is 19.6 Å². The van der Waals surface area contributed by atoms with Gasteiger partial charge in [0, 0.05) is 49.0 Å². The van der Waals surface area contributed by atoms with Gasteiger partial charge in [-0.25, -0.2) is 0 Å². The van der Waals surface area contributed by atoms with Crippen molar-refractivity contribution in [3.05, 3.63) is 77.0 Å². The Bertz CT molecular complexity index is 1280. The number of fused-ring (bicyclic) bond motifs is 1. The highest BCUT2D eigenvalue weighted by atomic mass is 16.5. The Balaban J connectivity index is 1.22. The minimum atomic E-state index is -0.687. The van der Waals surface area contributed by atoms with Gasteiger partial charge < -0.3 is 19.9 Å². The van der Waals surface area contributed by atoms with E-state index in [9.17, 15) is 9.59 Å². The number of carbonyl (C=O) groups excluding carboxylic acids is 2. The number of H-pyrrole nitrogens is 1. The van der Waals surface area contributed by atoms with Gasteiger partial charge in [-0.2, -0.15) is 5.10 Å². The molecule has 0 spiro atoms. The van der Waals surface area contributed by atoms with Gasteiger partial charge in [-0.15, -0.1) is 0 Å². The molecule has 2 N–H and O–H groups in total. The molecule has 1 aromatic heterocycles. The van der Waals surface area contributed by atoms with Crippen LogP contribution in [-0.2, 0) is 22.6 Å². The van der Waals surface area contributed by atoms with E-state index < -0.39 is 6.10 Å². The molecule has 1 saturated heterocycles. The molecule has 9 nitrogen and oxygen atoms in total. The molecule has 0 radical (unpaired) electrons. The summed E-state index contributed by atoms with van der Waals surface area (Å²) in [6.07, 6.45) is -0.791. The number of piperazine rings is 1. The van der Waals surface area contributed by atoms with Crippen molar-refractivity contribution >= 4 is 23.3 Å². The standard InChI is InChI=1S/C30H38N6O3/c1-20(2)34-14-16-35(17-15-34)24-12-10-23(11-13-24)29(37)31-28-25-18-36(19-26(25)32-33-28)30(38)27(39-21(3)4)22-8-6-5-7-9-22/h5-13,20-21,27H,14-19H2,1-4H3,(H2,31,32,33,37)/t27-/m1/s1. The van der Waals surface area contributed by atoms with Crippen molar-refractivity contribution in [2.24, 2.45) is 0 Å². The minimum absolute atomic E-state index is 0.105. The lowest BCUT2D eigenvalue weighted by molar-refractivity contribution is -0.147. The topological polar surface area (TPSA) is 93.8 Å². The van der Waals surface area contributed by atoms with Crippen LogP contribution in [0, 0.1) is 0 Å². The van der Waals surface area contributed by atoms with E-state index in [1.54, 1.807) is 4.90 Å². The molecule has 39 heavy (non-hydrogen) atoms. The quantitative estimate of drug-likeness (QED) is 0.453. The van der Waals surface area contributed by atoms with Crippen LogP contribution in [0.1, 0.15) is 61.0 Å². The van der Waals surface area contributed by atoms with E-state index in [1.165, 1.54) is 0 Å². The average molecular weight is 531 g/mol. The molecule has 0 bridgehead atoms. The third kappa shape index (κ3) is 5.99. The summed E-state index contributed by atoms with van der Waals surface area (Å²) in [5.41, 5.74) is 4.17. The van der Waals surface area contributed by atoms with Gasteiger partial charge >= 0.3 is 0 Å². The average Bonchev–Trinajstić information content (AvgIpc) is 3.54. The van der Waals surface area contributed by atoms with E-state index in [-0.39, 0.29) is 17.9 Å². The number of hydrogen-bond donors (Lipinski definition) is 2. The maximum Gasteiger partial charge on any atom is 0.257 e. The second-order valence-corrected chi connectivity index (χ2v) is 10.8. The largest absolute Gasteiger partial charge is 0.369 e. The van der Waals surface area contributed by atoms with Gasteiger partial charge in [0.05, 0.1) is 24.9 Å². The molecule has 5 rings (SSSR count). The van der Waals surface area contributed by atoms with E-state index in [1.807, 2.05) is 68.4 Å². The van der Waals surface area contributed by atoms with Crippen LogP contribution in [0.2, 0.25) is 0 Å². The summed E-state index contributed by atoms with van der Waals surface area (Å²) in [4.78, 5) is 33.1. The van der Waals surface area contributed by atoms with Crippen LogP contribution in [0.25, 0.3) is 0 Å². The Morgan fingerprint density at radius 1 is 0.923 bits per heavy atom. The summed E-state index contributed by atoms with van der Waals surface area (Å²) in [6.45, 7) is 13.1. The molecule has 9 heteroatoms. The first-order valence-corrected chi connectivity index (χ1v) is 13.8. The summed E-state index contributed by atoms with van der Waals surface area (Å²) in [6, 6.07) is 17.8. The van der Waals surface area contributed by atoms with Crippen LogP contribution < -0.4 is 10.2 Å². The van der Waals surface area contributed by atoms with Gasteiger partial charge in [0.15, 0.2) is 11.9 Å². The molecule has 0 aliphatic carbocycles. The zero-order valence-electron chi connectivity index (χ0n) is 23.2. The van der Waals surface area contributed by atoms with E-state index in [4.69, 9.17) is 4.74 Å². The molecule has 2 aromatic carbocycles. The monoisotopic (exact) mass is 530 g/mol. The second-order valence-electron chi connectivity index (χ2n) is 10.8. The van der Waals surface area contributed by atoms with Crippen LogP contribution >= 0.6 is 0 Å². The molecule has 1 atom stereocenters. The number of rotatable bonds is 8. The first-order chi connectivity index (χ1) is 18.8. The molecular weight excluding hydrogens is 492 g/mol. The smallest absolute Gasteiger partial charge is 0.257 e. The van der Waals surface area contributed by atoms with Crippen LogP contribution in [0.3, 0.4) is 0 Å². The Morgan fingerprint density at radius 2 is 1.62 bits per heavy atom. The number of aromatic nitrogens is 2. The van der Waals surface area contributed by atoms with Crippen LogP contribution in [0.5, 0.6) is 0 Å². The second kappa shape index (κ2) is 11.6. The number of ether oxygens (including phenoxy) is 1. The Labute approximate surface area is 230 Å². The van der Waals surface area contributed by atoms with Gasteiger partial charge in [-0.1, -0.05) is 30.3 Å². The first-order valence-electron chi connectivity index (χ1n) is 13.8. The molecule has 0 unspecified atom stereocenters. The normalized spacial score (nSPS) is 16.6. The first kappa shape index (κ1) is 26.9. The van der Waals surface area contributed by atoms with Crippen molar-refractivity contribution in [3.8, 4) is 0 Å². The molecule has 2 amide bonds. The SMILES string of the molecule is CC(C)O[C@@H](C(=O)N1Cc2[nH]nc(NC(=O)c3ccc(N4CCN(C(C)C)CC4)cc3)c2C1)c1ccccc1. The fraction of sp³-hybridized carbons (Fsp3) is 0.433. The van der Waals surface area contributed by atoms with E-state index in [0.29, 0.717) is 30.5 Å². The van der Waals surface area contributed by atoms with Gasteiger partial charge in [-0.05, 0) is 57.5 Å². The third-order valence-electron chi connectivity index (χ3n) is 7.47. The maximum atomic E-state index is 13.5. The number of nitrogens with zero attached hydrogens (tertiary/aromatic N) is 4. The van der Waals surface area contributed by atoms with Crippen molar-refractivity contribution in [2.45, 2.75) is 59.0 Å². The van der Waals surface area contributed by atoms with Crippen molar-refractivity contribution in [1.82, 2.24) is 20.0 Å². The number of hydrogen-bond acceptors (Lipinski definition) is 6.